The van der Waals surface area contributed by atoms with Crippen LogP contribution in [0, 0.1) is 5.92 Å². The number of hydrogen-bond acceptors (Lipinski definition) is 3. The molecule has 1 amide bonds. The Hall–Kier alpha value is -0.390. The summed E-state index contributed by atoms with van der Waals surface area (Å²) in [5, 5.41) is 5.02. The van der Waals surface area contributed by atoms with Crippen molar-refractivity contribution in [3.8, 4) is 0 Å². The Morgan fingerprint density at radius 3 is 3.06 bits per heavy atom. The van der Waals surface area contributed by atoms with Gasteiger partial charge >= 0.3 is 0 Å². The number of rotatable bonds is 3. The van der Waals surface area contributed by atoms with Gasteiger partial charge in [0.1, 0.15) is 0 Å². The van der Waals surface area contributed by atoms with E-state index < -0.39 is 0 Å². The molecule has 2 atom stereocenters. The minimum absolute atomic E-state index is 0.113. The van der Waals surface area contributed by atoms with Gasteiger partial charge in [-0.05, 0) is 41.3 Å². The van der Waals surface area contributed by atoms with Crippen LogP contribution in [-0.2, 0) is 11.3 Å². The van der Waals surface area contributed by atoms with Crippen LogP contribution in [0.5, 0.6) is 0 Å². The second-order valence-corrected chi connectivity index (χ2v) is 6.48. The van der Waals surface area contributed by atoms with Gasteiger partial charge in [0.25, 0.3) is 0 Å². The lowest BCUT2D eigenvalue weighted by atomic mass is 9.85. The second-order valence-electron chi connectivity index (χ2n) is 4.57. The van der Waals surface area contributed by atoms with E-state index >= 15 is 0 Å². The van der Waals surface area contributed by atoms with Crippen molar-refractivity contribution in [1.82, 2.24) is 5.32 Å². The van der Waals surface area contributed by atoms with Crippen LogP contribution in [0.4, 0.5) is 0 Å². The highest BCUT2D eigenvalue weighted by Crippen LogP contribution is 2.24. The Morgan fingerprint density at radius 1 is 1.59 bits per heavy atom. The van der Waals surface area contributed by atoms with Gasteiger partial charge in [0.05, 0.1) is 6.54 Å². The van der Waals surface area contributed by atoms with Gasteiger partial charge in [-0.3, -0.25) is 4.79 Å². The predicted molar refractivity (Wildman–Crippen MR) is 73.8 cm³/mol. The molecule has 5 heteroatoms. The first-order valence-electron chi connectivity index (χ1n) is 5.91. The first-order valence-corrected chi connectivity index (χ1v) is 7.58. The molecule has 3 nitrogen and oxygen atoms in total. The molecule has 94 valence electrons. The molecule has 1 fully saturated rings. The number of nitrogens with two attached hydrogens (primary N) is 1. The van der Waals surface area contributed by atoms with Crippen molar-refractivity contribution in [2.45, 2.75) is 38.3 Å². The van der Waals surface area contributed by atoms with Crippen LogP contribution in [0.1, 0.15) is 30.6 Å². The molecule has 2 rings (SSSR count). The van der Waals surface area contributed by atoms with E-state index in [2.05, 4.69) is 21.2 Å². The largest absolute Gasteiger partial charge is 0.351 e. The summed E-state index contributed by atoms with van der Waals surface area (Å²) in [4.78, 5) is 13.1. The SMILES string of the molecule is NC1CCCC(C(=O)NCc2cc(Br)cs2)C1. The summed E-state index contributed by atoms with van der Waals surface area (Å²) in [6, 6.07) is 2.24. The first kappa shape index (κ1) is 13.1. The maximum atomic E-state index is 12.0. The molecule has 1 aliphatic carbocycles. The van der Waals surface area contributed by atoms with Crippen LogP contribution in [0.15, 0.2) is 15.9 Å². The van der Waals surface area contributed by atoms with Crippen molar-refractivity contribution in [3.63, 3.8) is 0 Å². The van der Waals surface area contributed by atoms with Crippen LogP contribution in [0.3, 0.4) is 0 Å². The molecule has 1 aromatic heterocycles. The normalized spacial score (nSPS) is 24.6. The number of thiophene rings is 1. The maximum absolute atomic E-state index is 12.0. The third-order valence-electron chi connectivity index (χ3n) is 3.14. The Morgan fingerprint density at radius 2 is 2.41 bits per heavy atom. The molecule has 0 radical (unpaired) electrons. The summed E-state index contributed by atoms with van der Waals surface area (Å²) in [6.45, 7) is 0.626. The van der Waals surface area contributed by atoms with Gasteiger partial charge in [0, 0.05) is 26.7 Å². The molecule has 2 unspecified atom stereocenters. The third kappa shape index (κ3) is 3.79. The standard InChI is InChI=1S/C12H17BrN2OS/c13-9-5-11(17-7-9)6-15-12(16)8-2-1-3-10(14)4-8/h5,7-8,10H,1-4,6,14H2,(H,15,16). The Bertz CT molecular complexity index is 394. The van der Waals surface area contributed by atoms with Crippen LogP contribution < -0.4 is 11.1 Å². The van der Waals surface area contributed by atoms with Crippen LogP contribution >= 0.6 is 27.3 Å². The average molecular weight is 317 g/mol. The average Bonchev–Trinajstić information content (AvgIpc) is 2.72. The van der Waals surface area contributed by atoms with E-state index in [1.165, 1.54) is 4.88 Å². The van der Waals surface area contributed by atoms with Crippen LogP contribution in [0.2, 0.25) is 0 Å². The van der Waals surface area contributed by atoms with Crippen LogP contribution in [0.25, 0.3) is 0 Å². The van der Waals surface area contributed by atoms with E-state index in [1.54, 1.807) is 11.3 Å². The number of carbonyl (C=O) groups excluding carboxylic acids is 1. The fourth-order valence-electron chi connectivity index (χ4n) is 2.23. The summed E-state index contributed by atoms with van der Waals surface area (Å²) < 4.78 is 1.08. The molecule has 17 heavy (non-hydrogen) atoms. The molecule has 0 saturated heterocycles. The Labute approximate surface area is 114 Å². The number of halogens is 1. The van der Waals surface area contributed by atoms with Gasteiger partial charge in [0.2, 0.25) is 5.91 Å². The molecule has 1 heterocycles. The highest BCUT2D eigenvalue weighted by molar-refractivity contribution is 9.10. The monoisotopic (exact) mass is 316 g/mol. The van der Waals surface area contributed by atoms with Gasteiger partial charge in [-0.2, -0.15) is 0 Å². The number of nitrogens with one attached hydrogen (secondary N) is 1. The quantitative estimate of drug-likeness (QED) is 0.900. The summed E-state index contributed by atoms with van der Waals surface area (Å²) in [6.07, 6.45) is 3.94. The molecule has 1 aliphatic rings. The Balaban J connectivity index is 1.80. The highest BCUT2D eigenvalue weighted by Gasteiger charge is 2.24. The van der Waals surface area contributed by atoms with E-state index in [-0.39, 0.29) is 17.9 Å². The van der Waals surface area contributed by atoms with Crippen molar-refractivity contribution in [2.24, 2.45) is 11.7 Å². The van der Waals surface area contributed by atoms with Crippen molar-refractivity contribution >= 4 is 33.2 Å². The maximum Gasteiger partial charge on any atom is 0.223 e. The summed E-state index contributed by atoms with van der Waals surface area (Å²) in [7, 11) is 0. The zero-order chi connectivity index (χ0) is 12.3. The van der Waals surface area contributed by atoms with E-state index in [9.17, 15) is 4.79 Å². The molecule has 3 N–H and O–H groups in total. The number of carbonyl (C=O) groups is 1. The lowest BCUT2D eigenvalue weighted by molar-refractivity contribution is -0.126. The highest BCUT2D eigenvalue weighted by atomic mass is 79.9. The van der Waals surface area contributed by atoms with Crippen molar-refractivity contribution in [3.05, 3.63) is 20.8 Å². The summed E-state index contributed by atoms with van der Waals surface area (Å²) >= 11 is 5.06. The molecular formula is C12H17BrN2OS. The second kappa shape index (κ2) is 5.98. The summed E-state index contributed by atoms with van der Waals surface area (Å²) in [5.74, 6) is 0.270. The molecular weight excluding hydrogens is 300 g/mol. The number of hydrogen-bond donors (Lipinski definition) is 2. The zero-order valence-corrected chi connectivity index (χ0v) is 12.0. The Kier molecular flexibility index (Phi) is 4.59. The fraction of sp³-hybridized carbons (Fsp3) is 0.583. The minimum atomic E-state index is 0.113. The third-order valence-corrected chi connectivity index (χ3v) is 4.84. The zero-order valence-electron chi connectivity index (χ0n) is 9.62. The molecule has 0 bridgehead atoms. The van der Waals surface area contributed by atoms with Gasteiger partial charge in [0.15, 0.2) is 0 Å². The van der Waals surface area contributed by atoms with Gasteiger partial charge < -0.3 is 11.1 Å². The van der Waals surface area contributed by atoms with E-state index in [0.29, 0.717) is 6.54 Å². The summed E-state index contributed by atoms with van der Waals surface area (Å²) in [5.41, 5.74) is 5.89. The van der Waals surface area contributed by atoms with E-state index in [4.69, 9.17) is 5.73 Å². The van der Waals surface area contributed by atoms with E-state index in [1.807, 2.05) is 11.4 Å². The lowest BCUT2D eigenvalue weighted by Crippen LogP contribution is -2.37. The smallest absolute Gasteiger partial charge is 0.223 e. The molecule has 0 aliphatic heterocycles. The first-order chi connectivity index (χ1) is 8.15. The molecule has 1 saturated carbocycles. The van der Waals surface area contributed by atoms with Gasteiger partial charge in [-0.1, -0.05) is 6.42 Å². The predicted octanol–water partition coefficient (Wildman–Crippen LogP) is 2.64. The van der Waals surface area contributed by atoms with Gasteiger partial charge in [-0.25, -0.2) is 0 Å². The number of amides is 1. The molecule has 0 aromatic carbocycles. The topological polar surface area (TPSA) is 55.1 Å². The van der Waals surface area contributed by atoms with Crippen molar-refractivity contribution in [2.75, 3.05) is 0 Å². The van der Waals surface area contributed by atoms with Gasteiger partial charge in [-0.15, -0.1) is 11.3 Å². The minimum Gasteiger partial charge on any atom is -0.351 e. The fourth-order valence-corrected chi connectivity index (χ4v) is 3.62. The van der Waals surface area contributed by atoms with E-state index in [0.717, 1.165) is 30.2 Å². The molecule has 1 aromatic rings. The van der Waals surface area contributed by atoms with Crippen LogP contribution in [-0.4, -0.2) is 11.9 Å². The lowest BCUT2D eigenvalue weighted by Gasteiger charge is -2.25. The van der Waals surface area contributed by atoms with Crippen molar-refractivity contribution < 1.29 is 4.79 Å². The van der Waals surface area contributed by atoms with Crippen molar-refractivity contribution in [1.29, 1.82) is 0 Å². The molecule has 0 spiro atoms.